The summed E-state index contributed by atoms with van der Waals surface area (Å²) in [5, 5.41) is 3.39. The van der Waals surface area contributed by atoms with Crippen molar-refractivity contribution >= 4 is 17.3 Å². The van der Waals surface area contributed by atoms with Gasteiger partial charge in [-0.05, 0) is 24.1 Å². The number of benzene rings is 2. The molecule has 5 nitrogen and oxygen atoms in total. The SMILES string of the molecule is COc1cc2c(cc1OC)C(=O)N1c3ccccc3C[C@H]1CN2. The van der Waals surface area contributed by atoms with E-state index < -0.39 is 0 Å². The maximum Gasteiger partial charge on any atom is 0.260 e. The van der Waals surface area contributed by atoms with E-state index in [1.807, 2.05) is 29.2 Å². The van der Waals surface area contributed by atoms with Gasteiger partial charge in [0.05, 0.1) is 31.5 Å². The third-order valence-corrected chi connectivity index (χ3v) is 4.57. The van der Waals surface area contributed by atoms with Crippen LogP contribution in [0.15, 0.2) is 36.4 Å². The van der Waals surface area contributed by atoms with E-state index in [9.17, 15) is 4.79 Å². The summed E-state index contributed by atoms with van der Waals surface area (Å²) in [5.41, 5.74) is 3.63. The van der Waals surface area contributed by atoms with Gasteiger partial charge in [0.2, 0.25) is 0 Å². The van der Waals surface area contributed by atoms with Crippen LogP contribution in [-0.4, -0.2) is 32.7 Å². The Labute approximate surface area is 134 Å². The first-order valence-corrected chi connectivity index (χ1v) is 7.64. The molecular weight excluding hydrogens is 292 g/mol. The molecule has 2 aromatic rings. The molecule has 0 saturated carbocycles. The average Bonchev–Trinajstić information content (AvgIpc) is 2.90. The highest BCUT2D eigenvalue weighted by Crippen LogP contribution is 2.40. The number of hydrogen-bond donors (Lipinski definition) is 1. The summed E-state index contributed by atoms with van der Waals surface area (Å²) in [6.45, 7) is 0.711. The number of methoxy groups -OCH3 is 2. The van der Waals surface area contributed by atoms with Gasteiger partial charge in [-0.15, -0.1) is 0 Å². The fourth-order valence-electron chi connectivity index (χ4n) is 3.46. The highest BCUT2D eigenvalue weighted by Gasteiger charge is 2.37. The predicted octanol–water partition coefficient (Wildman–Crippen LogP) is 2.70. The second-order valence-electron chi connectivity index (χ2n) is 5.80. The van der Waals surface area contributed by atoms with Gasteiger partial charge in [-0.3, -0.25) is 4.79 Å². The van der Waals surface area contributed by atoms with Crippen molar-refractivity contribution in [2.75, 3.05) is 31.0 Å². The van der Waals surface area contributed by atoms with E-state index in [-0.39, 0.29) is 11.9 Å². The molecule has 0 aromatic heterocycles. The number of hydrogen-bond acceptors (Lipinski definition) is 4. The summed E-state index contributed by atoms with van der Waals surface area (Å²) in [5.74, 6) is 1.18. The molecule has 1 N–H and O–H groups in total. The first-order chi connectivity index (χ1) is 11.2. The monoisotopic (exact) mass is 310 g/mol. The maximum absolute atomic E-state index is 13.1. The Bertz CT molecular complexity index is 788. The number of fused-ring (bicyclic) bond motifs is 4. The molecule has 2 heterocycles. The van der Waals surface area contributed by atoms with E-state index in [2.05, 4.69) is 11.4 Å². The van der Waals surface area contributed by atoms with Crippen LogP contribution in [0.3, 0.4) is 0 Å². The Balaban J connectivity index is 1.83. The average molecular weight is 310 g/mol. The summed E-state index contributed by atoms with van der Waals surface area (Å²) in [6.07, 6.45) is 0.872. The molecule has 1 amide bonds. The lowest BCUT2D eigenvalue weighted by molar-refractivity contribution is 0.0983. The zero-order valence-corrected chi connectivity index (χ0v) is 13.1. The summed E-state index contributed by atoms with van der Waals surface area (Å²) in [6, 6.07) is 11.8. The normalized spacial score (nSPS) is 18.4. The Hall–Kier alpha value is -2.69. The van der Waals surface area contributed by atoms with E-state index in [1.54, 1.807) is 20.3 Å². The van der Waals surface area contributed by atoms with Crippen molar-refractivity contribution in [1.82, 2.24) is 0 Å². The van der Waals surface area contributed by atoms with Crippen molar-refractivity contribution in [3.63, 3.8) is 0 Å². The van der Waals surface area contributed by atoms with Gasteiger partial charge in [0.1, 0.15) is 0 Å². The maximum atomic E-state index is 13.1. The lowest BCUT2D eigenvalue weighted by atomic mass is 10.1. The van der Waals surface area contributed by atoms with Crippen LogP contribution in [0.2, 0.25) is 0 Å². The van der Waals surface area contributed by atoms with Crippen molar-refractivity contribution in [1.29, 1.82) is 0 Å². The molecule has 2 aromatic carbocycles. The first-order valence-electron chi connectivity index (χ1n) is 7.64. The molecular formula is C18H18N2O3. The molecule has 0 bridgehead atoms. The number of nitrogens with zero attached hydrogens (tertiary/aromatic N) is 1. The van der Waals surface area contributed by atoms with E-state index in [1.165, 1.54) is 5.56 Å². The molecule has 0 saturated heterocycles. The molecule has 0 unspecified atom stereocenters. The van der Waals surface area contributed by atoms with Gasteiger partial charge in [-0.1, -0.05) is 18.2 Å². The molecule has 0 fully saturated rings. The van der Waals surface area contributed by atoms with Crippen LogP contribution in [0.4, 0.5) is 11.4 Å². The lowest BCUT2D eigenvalue weighted by Crippen LogP contribution is -2.39. The highest BCUT2D eigenvalue weighted by molar-refractivity contribution is 6.12. The minimum absolute atomic E-state index is 0.000836. The van der Waals surface area contributed by atoms with Gasteiger partial charge in [-0.25, -0.2) is 0 Å². The molecule has 5 heteroatoms. The van der Waals surface area contributed by atoms with Gasteiger partial charge in [0.25, 0.3) is 5.91 Å². The largest absolute Gasteiger partial charge is 0.493 e. The Morgan fingerprint density at radius 3 is 2.65 bits per heavy atom. The molecule has 0 aliphatic carbocycles. The number of carbonyl (C=O) groups excluding carboxylic acids is 1. The number of nitrogens with one attached hydrogen (secondary N) is 1. The molecule has 23 heavy (non-hydrogen) atoms. The minimum Gasteiger partial charge on any atom is -0.493 e. The molecule has 2 aliphatic heterocycles. The Morgan fingerprint density at radius 2 is 1.87 bits per heavy atom. The van der Waals surface area contributed by atoms with Gasteiger partial charge >= 0.3 is 0 Å². The van der Waals surface area contributed by atoms with Crippen LogP contribution >= 0.6 is 0 Å². The zero-order valence-electron chi connectivity index (χ0n) is 13.1. The standard InChI is InChI=1S/C18H18N2O3/c1-22-16-8-13-14(9-17(16)23-2)19-10-12-7-11-5-3-4-6-15(11)20(12)18(13)21/h3-6,8-9,12,19H,7,10H2,1-2H3/t12-/m0/s1. The first kappa shape index (κ1) is 13.9. The fourth-order valence-corrected chi connectivity index (χ4v) is 3.46. The van der Waals surface area contributed by atoms with Crippen LogP contribution in [0, 0.1) is 0 Å². The number of para-hydroxylation sites is 1. The number of carbonyl (C=O) groups is 1. The summed E-state index contributed by atoms with van der Waals surface area (Å²) < 4.78 is 10.7. The van der Waals surface area contributed by atoms with Crippen LogP contribution in [-0.2, 0) is 6.42 Å². The number of rotatable bonds is 2. The third kappa shape index (κ3) is 2.04. The van der Waals surface area contributed by atoms with Crippen molar-refractivity contribution in [2.24, 2.45) is 0 Å². The van der Waals surface area contributed by atoms with Gasteiger partial charge in [0.15, 0.2) is 11.5 Å². The van der Waals surface area contributed by atoms with Crippen LogP contribution < -0.4 is 19.7 Å². The molecule has 2 aliphatic rings. The number of amides is 1. The Kier molecular flexibility index (Phi) is 3.15. The summed E-state index contributed by atoms with van der Waals surface area (Å²) >= 11 is 0. The van der Waals surface area contributed by atoms with Crippen LogP contribution in [0.25, 0.3) is 0 Å². The van der Waals surface area contributed by atoms with Crippen molar-refractivity contribution < 1.29 is 14.3 Å². The van der Waals surface area contributed by atoms with E-state index in [4.69, 9.17) is 9.47 Å². The molecule has 0 spiro atoms. The van der Waals surface area contributed by atoms with Gasteiger partial charge in [-0.2, -0.15) is 0 Å². The predicted molar refractivity (Wildman–Crippen MR) is 88.8 cm³/mol. The lowest BCUT2D eigenvalue weighted by Gasteiger charge is -2.22. The molecule has 1 atom stereocenters. The van der Waals surface area contributed by atoms with Crippen molar-refractivity contribution in [3.05, 3.63) is 47.5 Å². The second kappa shape index (κ2) is 5.19. The van der Waals surface area contributed by atoms with Crippen LogP contribution in [0.5, 0.6) is 11.5 Å². The zero-order chi connectivity index (χ0) is 16.0. The number of anilines is 2. The van der Waals surface area contributed by atoms with Crippen LogP contribution in [0.1, 0.15) is 15.9 Å². The third-order valence-electron chi connectivity index (χ3n) is 4.57. The topological polar surface area (TPSA) is 50.8 Å². The second-order valence-corrected chi connectivity index (χ2v) is 5.80. The van der Waals surface area contributed by atoms with E-state index in [0.717, 1.165) is 17.8 Å². The van der Waals surface area contributed by atoms with Crippen molar-refractivity contribution in [2.45, 2.75) is 12.5 Å². The van der Waals surface area contributed by atoms with E-state index in [0.29, 0.717) is 23.6 Å². The number of ether oxygens (including phenoxy) is 2. The molecule has 118 valence electrons. The van der Waals surface area contributed by atoms with E-state index >= 15 is 0 Å². The smallest absolute Gasteiger partial charge is 0.260 e. The molecule has 4 rings (SSSR count). The minimum atomic E-state index is 0.000836. The highest BCUT2D eigenvalue weighted by atomic mass is 16.5. The fraction of sp³-hybridized carbons (Fsp3) is 0.278. The van der Waals surface area contributed by atoms with Gasteiger partial charge < -0.3 is 19.7 Å². The molecule has 0 radical (unpaired) electrons. The summed E-state index contributed by atoms with van der Waals surface area (Å²) in [7, 11) is 3.17. The Morgan fingerprint density at radius 1 is 1.13 bits per heavy atom. The quantitative estimate of drug-likeness (QED) is 0.926. The van der Waals surface area contributed by atoms with Gasteiger partial charge in [0, 0.05) is 18.3 Å². The summed E-state index contributed by atoms with van der Waals surface area (Å²) in [4.78, 5) is 15.0. The van der Waals surface area contributed by atoms with Crippen molar-refractivity contribution in [3.8, 4) is 11.5 Å².